The molecule has 0 aromatic heterocycles. The lowest BCUT2D eigenvalue weighted by atomic mass is 10.0. The molecule has 6 heteroatoms. The van der Waals surface area contributed by atoms with Crippen LogP contribution in [-0.2, 0) is 28.6 Å². The van der Waals surface area contributed by atoms with Crippen molar-refractivity contribution >= 4 is 17.9 Å². The van der Waals surface area contributed by atoms with Crippen molar-refractivity contribution in [1.82, 2.24) is 0 Å². The third kappa shape index (κ3) is 62.3. The van der Waals surface area contributed by atoms with Gasteiger partial charge in [-0.2, -0.15) is 0 Å². The molecule has 0 saturated heterocycles. The monoisotopic (exact) mass is 1060 g/mol. The Balaban J connectivity index is 4.40. The molecule has 6 nitrogen and oxygen atoms in total. The van der Waals surface area contributed by atoms with Crippen LogP contribution in [0.5, 0.6) is 0 Å². The summed E-state index contributed by atoms with van der Waals surface area (Å²) >= 11 is 0. The van der Waals surface area contributed by atoms with Crippen molar-refractivity contribution < 1.29 is 28.6 Å². The number of hydrogen-bond donors (Lipinski definition) is 0. The zero-order valence-electron chi connectivity index (χ0n) is 49.9. The van der Waals surface area contributed by atoms with Crippen LogP contribution in [0.15, 0.2) is 134 Å². The topological polar surface area (TPSA) is 78.9 Å². The van der Waals surface area contributed by atoms with Gasteiger partial charge in [0.1, 0.15) is 13.2 Å². The van der Waals surface area contributed by atoms with Gasteiger partial charge < -0.3 is 14.2 Å². The first-order chi connectivity index (χ1) is 38.0. The number of hydrogen-bond acceptors (Lipinski definition) is 6. The van der Waals surface area contributed by atoms with Crippen molar-refractivity contribution in [2.45, 2.75) is 284 Å². The first-order valence-electron chi connectivity index (χ1n) is 31.7. The van der Waals surface area contributed by atoms with E-state index in [0.29, 0.717) is 19.3 Å². The highest BCUT2D eigenvalue weighted by molar-refractivity contribution is 5.71. The molecule has 77 heavy (non-hydrogen) atoms. The van der Waals surface area contributed by atoms with Crippen molar-refractivity contribution in [2.24, 2.45) is 0 Å². The Morgan fingerprint density at radius 1 is 0.260 bits per heavy atom. The van der Waals surface area contributed by atoms with Crippen molar-refractivity contribution in [1.29, 1.82) is 0 Å². The fraction of sp³-hybridized carbons (Fsp3) is 0.648. The first-order valence-corrected chi connectivity index (χ1v) is 31.7. The minimum atomic E-state index is -0.802. The molecule has 0 aliphatic carbocycles. The average Bonchev–Trinajstić information content (AvgIpc) is 3.43. The molecule has 0 saturated carbocycles. The Labute approximate surface area is 475 Å². The van der Waals surface area contributed by atoms with E-state index in [9.17, 15) is 14.4 Å². The van der Waals surface area contributed by atoms with Crippen LogP contribution in [0, 0.1) is 0 Å². The van der Waals surface area contributed by atoms with Crippen LogP contribution in [0.2, 0.25) is 0 Å². The van der Waals surface area contributed by atoms with E-state index in [1.807, 2.05) is 0 Å². The fourth-order valence-electron chi connectivity index (χ4n) is 8.50. The maximum absolute atomic E-state index is 12.9. The SMILES string of the molecule is CC/C=C\C/C=C\C/C=C\C/C=C\CCCCCCCCCCCCCCC(=O)OCC(COC(=O)CCCCCCCCC/C=C\C/C=C\C/C=C\CC)OC(=O)CCCCCC/C=C\C/C=C\C/C=C\C/C=C\CC. The van der Waals surface area contributed by atoms with E-state index < -0.39 is 6.10 Å². The lowest BCUT2D eigenvalue weighted by Gasteiger charge is -2.18. The summed E-state index contributed by atoms with van der Waals surface area (Å²) in [6.07, 6.45) is 90.2. The summed E-state index contributed by atoms with van der Waals surface area (Å²) in [6, 6.07) is 0. The van der Waals surface area contributed by atoms with E-state index in [1.165, 1.54) is 89.9 Å². The van der Waals surface area contributed by atoms with Crippen LogP contribution >= 0.6 is 0 Å². The summed E-state index contributed by atoms with van der Waals surface area (Å²) < 4.78 is 16.9. The zero-order valence-corrected chi connectivity index (χ0v) is 49.9. The Morgan fingerprint density at radius 3 is 0.727 bits per heavy atom. The standard InChI is InChI=1S/C71H116O6/c1-4-7-10-13-16-19-22-25-28-31-32-33-34-35-36-37-38-41-43-46-49-52-55-58-61-64-70(73)76-67-68(77-71(74)65-62-59-56-53-50-47-44-40-30-27-24-21-18-15-12-9-6-3)66-75-69(72)63-60-57-54-51-48-45-42-39-29-26-23-20-17-14-11-8-5-2/h7-12,16-21,25-30,32-33,44,47,68H,4-6,13-15,22-24,31,34-43,45-46,48-67H2,1-3H3/b10-7-,11-8-,12-9-,19-16-,20-17-,21-18-,28-25-,29-26-,30-27-,33-32-,47-44-. The fourth-order valence-corrected chi connectivity index (χ4v) is 8.50. The van der Waals surface area contributed by atoms with E-state index in [-0.39, 0.29) is 31.1 Å². The Morgan fingerprint density at radius 2 is 0.468 bits per heavy atom. The van der Waals surface area contributed by atoms with Gasteiger partial charge in [0.2, 0.25) is 0 Å². The van der Waals surface area contributed by atoms with Crippen LogP contribution < -0.4 is 0 Å². The number of unbranched alkanes of at least 4 members (excludes halogenated alkanes) is 23. The van der Waals surface area contributed by atoms with Gasteiger partial charge in [0.05, 0.1) is 0 Å². The van der Waals surface area contributed by atoms with E-state index in [1.54, 1.807) is 0 Å². The van der Waals surface area contributed by atoms with Crippen molar-refractivity contribution in [2.75, 3.05) is 13.2 Å². The number of esters is 3. The molecule has 1 unspecified atom stereocenters. The number of allylic oxidation sites excluding steroid dienone is 22. The van der Waals surface area contributed by atoms with Gasteiger partial charge in [-0.3, -0.25) is 14.4 Å². The molecule has 0 N–H and O–H groups in total. The largest absolute Gasteiger partial charge is 0.462 e. The van der Waals surface area contributed by atoms with Crippen LogP contribution in [0.3, 0.4) is 0 Å². The normalized spacial score (nSPS) is 13.0. The van der Waals surface area contributed by atoms with E-state index in [0.717, 1.165) is 148 Å². The summed E-state index contributed by atoms with van der Waals surface area (Å²) in [7, 11) is 0. The van der Waals surface area contributed by atoms with Gasteiger partial charge in [-0.15, -0.1) is 0 Å². The van der Waals surface area contributed by atoms with Gasteiger partial charge in [0, 0.05) is 19.3 Å². The zero-order chi connectivity index (χ0) is 55.7. The van der Waals surface area contributed by atoms with Gasteiger partial charge in [-0.25, -0.2) is 0 Å². The third-order valence-electron chi connectivity index (χ3n) is 13.1. The lowest BCUT2D eigenvalue weighted by molar-refractivity contribution is -0.167. The highest BCUT2D eigenvalue weighted by atomic mass is 16.6. The number of carbonyl (C=O) groups is 3. The molecule has 0 fully saturated rings. The molecule has 1 atom stereocenters. The molecule has 0 aliphatic rings. The number of rotatable bonds is 56. The van der Waals surface area contributed by atoms with Crippen LogP contribution in [0.4, 0.5) is 0 Å². The average molecular weight is 1070 g/mol. The molecule has 0 aliphatic heterocycles. The van der Waals surface area contributed by atoms with Gasteiger partial charge in [0.15, 0.2) is 6.10 Å². The second kappa shape index (κ2) is 64.1. The Hall–Kier alpha value is -4.45. The third-order valence-corrected chi connectivity index (χ3v) is 13.1. The second-order valence-electron chi connectivity index (χ2n) is 20.5. The molecule has 0 amide bonds. The minimum absolute atomic E-state index is 0.0954. The number of ether oxygens (including phenoxy) is 3. The minimum Gasteiger partial charge on any atom is -0.462 e. The highest BCUT2D eigenvalue weighted by Crippen LogP contribution is 2.15. The molecule has 0 aromatic carbocycles. The maximum Gasteiger partial charge on any atom is 0.306 e. The van der Waals surface area contributed by atoms with Crippen LogP contribution in [-0.4, -0.2) is 37.2 Å². The molecular formula is C71H116O6. The molecule has 436 valence electrons. The van der Waals surface area contributed by atoms with Gasteiger partial charge in [-0.1, -0.05) is 264 Å². The van der Waals surface area contributed by atoms with Crippen LogP contribution in [0.1, 0.15) is 278 Å². The van der Waals surface area contributed by atoms with E-state index in [4.69, 9.17) is 14.2 Å². The molecule has 0 bridgehead atoms. The summed E-state index contributed by atoms with van der Waals surface area (Å²) in [4.78, 5) is 38.3. The van der Waals surface area contributed by atoms with Crippen molar-refractivity contribution in [3.05, 3.63) is 134 Å². The Bertz CT molecular complexity index is 1650. The van der Waals surface area contributed by atoms with E-state index in [2.05, 4.69) is 154 Å². The van der Waals surface area contributed by atoms with Crippen LogP contribution in [0.25, 0.3) is 0 Å². The summed E-state index contributed by atoms with van der Waals surface area (Å²) in [5, 5.41) is 0. The summed E-state index contributed by atoms with van der Waals surface area (Å²) in [5.41, 5.74) is 0. The van der Waals surface area contributed by atoms with Gasteiger partial charge in [-0.05, 0) is 128 Å². The first kappa shape index (κ1) is 72.5. The van der Waals surface area contributed by atoms with Crippen molar-refractivity contribution in [3.63, 3.8) is 0 Å². The van der Waals surface area contributed by atoms with Gasteiger partial charge >= 0.3 is 17.9 Å². The summed E-state index contributed by atoms with van der Waals surface area (Å²) in [5.74, 6) is -0.929. The predicted molar refractivity (Wildman–Crippen MR) is 334 cm³/mol. The maximum atomic E-state index is 12.9. The van der Waals surface area contributed by atoms with Crippen molar-refractivity contribution in [3.8, 4) is 0 Å². The lowest BCUT2D eigenvalue weighted by Crippen LogP contribution is -2.30. The molecule has 0 spiro atoms. The van der Waals surface area contributed by atoms with Gasteiger partial charge in [0.25, 0.3) is 0 Å². The molecular weight excluding hydrogens is 949 g/mol. The predicted octanol–water partition coefficient (Wildman–Crippen LogP) is 21.8. The molecule has 0 heterocycles. The summed E-state index contributed by atoms with van der Waals surface area (Å²) in [6.45, 7) is 6.29. The molecule has 0 rings (SSSR count). The Kier molecular flexibility index (Phi) is 60.4. The molecule has 0 radical (unpaired) electrons. The highest BCUT2D eigenvalue weighted by Gasteiger charge is 2.19. The quantitative estimate of drug-likeness (QED) is 0.0261. The van der Waals surface area contributed by atoms with E-state index >= 15 is 0 Å². The smallest absolute Gasteiger partial charge is 0.306 e. The number of carbonyl (C=O) groups excluding carboxylic acids is 3. The second-order valence-corrected chi connectivity index (χ2v) is 20.5. The molecule has 0 aromatic rings.